The third-order valence-corrected chi connectivity index (χ3v) is 3.72. The van der Waals surface area contributed by atoms with Crippen molar-refractivity contribution in [2.45, 2.75) is 46.6 Å². The monoisotopic (exact) mass is 317 g/mol. The van der Waals surface area contributed by atoms with Crippen molar-refractivity contribution < 1.29 is 14.7 Å². The van der Waals surface area contributed by atoms with E-state index in [0.29, 0.717) is 23.9 Å². The number of hydrogen-bond donors (Lipinski definition) is 3. The van der Waals surface area contributed by atoms with Gasteiger partial charge in [0.1, 0.15) is 6.04 Å². The number of aliphatic carboxylic acids is 1. The molecular weight excluding hydrogens is 294 g/mol. The Balaban J connectivity index is 2.20. The molecule has 1 aromatic heterocycles. The molecule has 23 heavy (non-hydrogen) atoms. The summed E-state index contributed by atoms with van der Waals surface area (Å²) in [6, 6.07) is 2.75. The fraction of sp³-hybridized carbons (Fsp3) is 0.471. The molecule has 0 aliphatic rings. The molecule has 1 heterocycles. The zero-order valence-electron chi connectivity index (χ0n) is 13.9. The lowest BCUT2D eigenvalue weighted by Gasteiger charge is -2.21. The maximum atomic E-state index is 12.5. The summed E-state index contributed by atoms with van der Waals surface area (Å²) >= 11 is 0. The second-order valence-corrected chi connectivity index (χ2v) is 7.11. The fourth-order valence-electron chi connectivity index (χ4n) is 2.46. The summed E-state index contributed by atoms with van der Waals surface area (Å²) in [5.74, 6) is -1.42. The molecule has 6 nitrogen and oxygen atoms in total. The van der Waals surface area contributed by atoms with Crippen LogP contribution < -0.4 is 5.32 Å². The zero-order chi connectivity index (χ0) is 17.2. The number of rotatable bonds is 5. The molecule has 6 heteroatoms. The lowest BCUT2D eigenvalue weighted by molar-refractivity contribution is -0.139. The largest absolute Gasteiger partial charge is 0.480 e. The van der Waals surface area contributed by atoms with Gasteiger partial charge >= 0.3 is 5.97 Å². The van der Waals surface area contributed by atoms with Crippen molar-refractivity contribution in [1.29, 1.82) is 0 Å². The molecule has 1 unspecified atom stereocenters. The smallest absolute Gasteiger partial charge is 0.326 e. The van der Waals surface area contributed by atoms with Crippen molar-refractivity contribution in [2.75, 3.05) is 0 Å². The second kappa shape index (κ2) is 6.40. The van der Waals surface area contributed by atoms with Gasteiger partial charge in [-0.1, -0.05) is 20.8 Å². The molecule has 2 rings (SSSR count). The maximum absolute atomic E-state index is 12.5. The number of carboxylic acids is 1. The van der Waals surface area contributed by atoms with Gasteiger partial charge in [-0.2, -0.15) is 5.10 Å². The van der Waals surface area contributed by atoms with Crippen LogP contribution >= 0.6 is 0 Å². The lowest BCUT2D eigenvalue weighted by atomic mass is 9.88. The molecule has 0 aliphatic carbocycles. The first-order valence-corrected chi connectivity index (χ1v) is 7.65. The molecule has 3 N–H and O–H groups in total. The molecule has 0 saturated heterocycles. The molecule has 1 amide bonds. The number of fused-ring (bicyclic) bond motifs is 1. The number of aromatic nitrogens is 2. The minimum absolute atomic E-state index is 0.0123. The quantitative estimate of drug-likeness (QED) is 0.790. The average Bonchev–Trinajstić information content (AvgIpc) is 2.88. The van der Waals surface area contributed by atoms with Gasteiger partial charge in [-0.15, -0.1) is 0 Å². The van der Waals surface area contributed by atoms with Crippen molar-refractivity contribution in [3.05, 3.63) is 29.5 Å². The zero-order valence-corrected chi connectivity index (χ0v) is 13.9. The third-order valence-electron chi connectivity index (χ3n) is 3.72. The molecule has 0 saturated carbocycles. The number of nitrogens with zero attached hydrogens (tertiary/aromatic N) is 1. The van der Waals surface area contributed by atoms with Crippen LogP contribution in [0.2, 0.25) is 0 Å². The number of amides is 1. The molecule has 0 spiro atoms. The highest BCUT2D eigenvalue weighted by molar-refractivity contribution is 6.06. The molecule has 0 fully saturated rings. The van der Waals surface area contributed by atoms with Crippen LogP contribution in [0.3, 0.4) is 0 Å². The predicted molar refractivity (Wildman–Crippen MR) is 88.4 cm³/mol. The Morgan fingerprint density at radius 1 is 1.35 bits per heavy atom. The Hall–Kier alpha value is -2.37. The van der Waals surface area contributed by atoms with Crippen LogP contribution in [-0.4, -0.2) is 33.2 Å². The number of H-pyrrole nitrogens is 1. The van der Waals surface area contributed by atoms with E-state index in [1.807, 2.05) is 33.8 Å². The number of benzene rings is 1. The standard InChI is InChI=1S/C17H23N3O3/c1-10-7-11-9-18-20-14(11)12(8-10)15(21)19-13(16(22)23)5-6-17(2,3)4/h7-9,13H,5-6H2,1-4H3,(H,18,20)(H,19,21)(H,22,23). The topological polar surface area (TPSA) is 95.1 Å². The highest BCUT2D eigenvalue weighted by Crippen LogP contribution is 2.22. The Labute approximate surface area is 135 Å². The van der Waals surface area contributed by atoms with Crippen molar-refractivity contribution >= 4 is 22.8 Å². The van der Waals surface area contributed by atoms with E-state index >= 15 is 0 Å². The van der Waals surface area contributed by atoms with Crippen LogP contribution in [0.4, 0.5) is 0 Å². The molecule has 124 valence electrons. The van der Waals surface area contributed by atoms with Crippen LogP contribution in [0.25, 0.3) is 10.9 Å². The molecular formula is C17H23N3O3. The second-order valence-electron chi connectivity index (χ2n) is 7.11. The van der Waals surface area contributed by atoms with Gasteiger partial charge in [-0.05, 0) is 42.9 Å². The van der Waals surface area contributed by atoms with Crippen molar-refractivity contribution in [1.82, 2.24) is 15.5 Å². The molecule has 0 bridgehead atoms. The minimum Gasteiger partial charge on any atom is -0.480 e. The van der Waals surface area contributed by atoms with Crippen molar-refractivity contribution in [3.8, 4) is 0 Å². The molecule has 1 atom stereocenters. The van der Waals surface area contributed by atoms with Gasteiger partial charge in [0.05, 0.1) is 17.3 Å². The van der Waals surface area contributed by atoms with E-state index in [4.69, 9.17) is 0 Å². The Morgan fingerprint density at radius 3 is 2.65 bits per heavy atom. The number of hydrogen-bond acceptors (Lipinski definition) is 3. The molecule has 0 aliphatic heterocycles. The molecule has 1 aromatic carbocycles. The van der Waals surface area contributed by atoms with Crippen LogP contribution in [-0.2, 0) is 4.79 Å². The van der Waals surface area contributed by atoms with Crippen LogP contribution in [0.15, 0.2) is 18.3 Å². The number of aromatic amines is 1. The van der Waals surface area contributed by atoms with Gasteiger partial charge in [0.15, 0.2) is 0 Å². The van der Waals surface area contributed by atoms with E-state index in [-0.39, 0.29) is 5.41 Å². The van der Waals surface area contributed by atoms with Crippen LogP contribution in [0.1, 0.15) is 49.5 Å². The Kier molecular flexibility index (Phi) is 4.73. The van der Waals surface area contributed by atoms with Crippen LogP contribution in [0, 0.1) is 12.3 Å². The highest BCUT2D eigenvalue weighted by atomic mass is 16.4. The van der Waals surface area contributed by atoms with Gasteiger partial charge in [-0.3, -0.25) is 9.89 Å². The molecule has 0 radical (unpaired) electrons. The predicted octanol–water partition coefficient (Wildman–Crippen LogP) is 2.88. The number of carboxylic acid groups (broad SMARTS) is 1. The first-order valence-electron chi connectivity index (χ1n) is 7.65. The maximum Gasteiger partial charge on any atom is 0.326 e. The molecule has 2 aromatic rings. The number of carbonyl (C=O) groups excluding carboxylic acids is 1. The minimum atomic E-state index is -1.02. The number of carbonyl (C=O) groups is 2. The Bertz CT molecular complexity index is 728. The van der Waals surface area contributed by atoms with E-state index in [1.165, 1.54) is 0 Å². The lowest BCUT2D eigenvalue weighted by Crippen LogP contribution is -2.41. The Morgan fingerprint density at radius 2 is 2.04 bits per heavy atom. The first kappa shape index (κ1) is 17.0. The van der Waals surface area contributed by atoms with Gasteiger partial charge in [-0.25, -0.2) is 4.79 Å². The summed E-state index contributed by atoms with van der Waals surface area (Å²) in [4.78, 5) is 24.0. The number of aryl methyl sites for hydroxylation is 1. The average molecular weight is 317 g/mol. The summed E-state index contributed by atoms with van der Waals surface area (Å²) in [5, 5.41) is 19.6. The normalized spacial score (nSPS) is 13.0. The summed E-state index contributed by atoms with van der Waals surface area (Å²) in [6.07, 6.45) is 2.74. The van der Waals surface area contributed by atoms with E-state index in [9.17, 15) is 14.7 Å². The summed E-state index contributed by atoms with van der Waals surface area (Å²) < 4.78 is 0. The van der Waals surface area contributed by atoms with Crippen LogP contribution in [0.5, 0.6) is 0 Å². The van der Waals surface area contributed by atoms with Gasteiger partial charge in [0.2, 0.25) is 0 Å². The van der Waals surface area contributed by atoms with E-state index in [2.05, 4.69) is 15.5 Å². The van der Waals surface area contributed by atoms with E-state index < -0.39 is 17.9 Å². The van der Waals surface area contributed by atoms with Gasteiger partial charge in [0.25, 0.3) is 5.91 Å². The van der Waals surface area contributed by atoms with Gasteiger partial charge in [0, 0.05) is 5.39 Å². The summed E-state index contributed by atoms with van der Waals surface area (Å²) in [7, 11) is 0. The van der Waals surface area contributed by atoms with Crippen molar-refractivity contribution in [2.24, 2.45) is 5.41 Å². The SMILES string of the molecule is Cc1cc(C(=O)NC(CCC(C)(C)C)C(=O)O)c2[nH]ncc2c1. The van der Waals surface area contributed by atoms with E-state index in [1.54, 1.807) is 12.3 Å². The van der Waals surface area contributed by atoms with E-state index in [0.717, 1.165) is 10.9 Å². The summed E-state index contributed by atoms with van der Waals surface area (Å²) in [5.41, 5.74) is 1.97. The fourth-order valence-corrected chi connectivity index (χ4v) is 2.46. The number of nitrogens with one attached hydrogen (secondary N) is 2. The highest BCUT2D eigenvalue weighted by Gasteiger charge is 2.24. The summed E-state index contributed by atoms with van der Waals surface area (Å²) in [6.45, 7) is 8.02. The van der Waals surface area contributed by atoms with Gasteiger partial charge < -0.3 is 10.4 Å². The third kappa shape index (κ3) is 4.31. The van der Waals surface area contributed by atoms with Crippen molar-refractivity contribution in [3.63, 3.8) is 0 Å². The first-order chi connectivity index (χ1) is 10.7.